The van der Waals surface area contributed by atoms with Gasteiger partial charge in [-0.1, -0.05) is 40.0 Å². The average molecular weight is 369 g/mol. The molecule has 0 aromatic rings. The van der Waals surface area contributed by atoms with E-state index in [0.29, 0.717) is 25.3 Å². The van der Waals surface area contributed by atoms with Crippen molar-refractivity contribution in [2.75, 3.05) is 19.6 Å². The van der Waals surface area contributed by atoms with Crippen LogP contribution in [-0.4, -0.2) is 52.5 Å². The number of nitrogens with zero attached hydrogens (tertiary/aromatic N) is 2. The number of hydrogen-bond donors (Lipinski definition) is 2. The number of hydroxylamine groups is 1. The molecule has 26 heavy (non-hydrogen) atoms. The van der Waals surface area contributed by atoms with Crippen molar-refractivity contribution in [3.05, 3.63) is 36.8 Å². The molecule has 1 saturated heterocycles. The Morgan fingerprint density at radius 2 is 1.88 bits per heavy atom. The molecule has 2 amide bonds. The number of carbonyl (C=O) groups excluding carboxylic acids is 2. The standard InChI is InChI=1S/C15H22FN3O3.C4H10/c1-4-5-13(12(3)16)18-8-9-19(11(2)10-18)15(21)7-6-14(20)17-22;1-4(2)3/h4-5,11,22H,1,3,6-10H2,2H3,(H,17,20);4H,1-3H3/b13-5+;/t11-;/m0./s1. The van der Waals surface area contributed by atoms with Crippen LogP contribution in [0, 0.1) is 5.92 Å². The third kappa shape index (κ3) is 8.80. The maximum atomic E-state index is 13.5. The van der Waals surface area contributed by atoms with Gasteiger partial charge in [-0.3, -0.25) is 14.8 Å². The molecule has 1 aliphatic rings. The molecule has 6 nitrogen and oxygen atoms in total. The molecule has 0 saturated carbocycles. The third-order valence-corrected chi connectivity index (χ3v) is 3.53. The molecule has 0 spiro atoms. The van der Waals surface area contributed by atoms with Crippen LogP contribution in [0.3, 0.4) is 0 Å². The molecule has 1 rings (SSSR count). The molecule has 7 heteroatoms. The summed E-state index contributed by atoms with van der Waals surface area (Å²) in [6.07, 6.45) is 3.01. The molecule has 0 bridgehead atoms. The first-order valence-corrected chi connectivity index (χ1v) is 8.78. The van der Waals surface area contributed by atoms with E-state index in [1.807, 2.05) is 11.8 Å². The summed E-state index contributed by atoms with van der Waals surface area (Å²) in [5, 5.41) is 8.42. The second-order valence-corrected chi connectivity index (χ2v) is 6.84. The van der Waals surface area contributed by atoms with Crippen LogP contribution in [0.5, 0.6) is 0 Å². The topological polar surface area (TPSA) is 72.9 Å². The third-order valence-electron chi connectivity index (χ3n) is 3.53. The van der Waals surface area contributed by atoms with Gasteiger partial charge in [-0.15, -0.1) is 0 Å². The number of halogens is 1. The summed E-state index contributed by atoms with van der Waals surface area (Å²) in [7, 11) is 0. The molecule has 2 N–H and O–H groups in total. The van der Waals surface area contributed by atoms with Gasteiger partial charge in [0.2, 0.25) is 11.8 Å². The van der Waals surface area contributed by atoms with Crippen LogP contribution in [0.25, 0.3) is 0 Å². The highest BCUT2D eigenvalue weighted by Gasteiger charge is 2.28. The van der Waals surface area contributed by atoms with Crippen molar-refractivity contribution in [1.29, 1.82) is 0 Å². The SMILES string of the molecule is C=C/C=C(\C(=C)F)N1CCN(C(=O)CCC(=O)NO)[C@@H](C)C1.CC(C)C. The van der Waals surface area contributed by atoms with Crippen LogP contribution in [-0.2, 0) is 9.59 Å². The Labute approximate surface area is 156 Å². The van der Waals surface area contributed by atoms with E-state index >= 15 is 0 Å². The number of carbonyl (C=O) groups is 2. The van der Waals surface area contributed by atoms with Crippen LogP contribution in [0.2, 0.25) is 0 Å². The molecule has 0 unspecified atom stereocenters. The summed E-state index contributed by atoms with van der Waals surface area (Å²) >= 11 is 0. The average Bonchev–Trinajstić information content (AvgIpc) is 2.56. The first-order valence-electron chi connectivity index (χ1n) is 8.78. The minimum atomic E-state index is -0.593. The van der Waals surface area contributed by atoms with Gasteiger partial charge in [0.15, 0.2) is 0 Å². The van der Waals surface area contributed by atoms with Gasteiger partial charge in [0, 0.05) is 38.5 Å². The smallest absolute Gasteiger partial charge is 0.243 e. The van der Waals surface area contributed by atoms with Crippen molar-refractivity contribution < 1.29 is 19.2 Å². The number of allylic oxidation sites excluding steroid dienone is 3. The number of piperazine rings is 1. The van der Waals surface area contributed by atoms with Gasteiger partial charge in [-0.05, 0) is 18.9 Å². The van der Waals surface area contributed by atoms with Crippen LogP contribution >= 0.6 is 0 Å². The molecule has 1 aliphatic heterocycles. The first kappa shape index (κ1) is 23.9. The van der Waals surface area contributed by atoms with Crippen LogP contribution in [0.4, 0.5) is 4.39 Å². The highest BCUT2D eigenvalue weighted by atomic mass is 19.1. The summed E-state index contributed by atoms with van der Waals surface area (Å²) in [5.41, 5.74) is 1.87. The number of rotatable bonds is 6. The summed E-state index contributed by atoms with van der Waals surface area (Å²) in [6, 6.07) is -0.119. The highest BCUT2D eigenvalue weighted by Crippen LogP contribution is 2.21. The molecule has 148 valence electrons. The lowest BCUT2D eigenvalue weighted by Crippen LogP contribution is -2.53. The molecule has 1 fully saturated rings. The molecule has 1 atom stereocenters. The Bertz CT molecular complexity index is 529. The molecular formula is C19H32FN3O3. The minimum absolute atomic E-state index is 0.0297. The molecular weight excluding hydrogens is 337 g/mol. The monoisotopic (exact) mass is 369 g/mol. The summed E-state index contributed by atoms with van der Waals surface area (Å²) < 4.78 is 13.5. The van der Waals surface area contributed by atoms with Crippen molar-refractivity contribution in [1.82, 2.24) is 15.3 Å². The lowest BCUT2D eigenvalue weighted by atomic mass is 10.1. The normalized spacial score (nSPS) is 17.3. The summed E-state index contributed by atoms with van der Waals surface area (Å²) in [5.74, 6) is -0.458. The molecule has 1 heterocycles. The maximum Gasteiger partial charge on any atom is 0.243 e. The van der Waals surface area contributed by atoms with Crippen molar-refractivity contribution in [3.63, 3.8) is 0 Å². The fourth-order valence-electron chi connectivity index (χ4n) is 2.45. The van der Waals surface area contributed by atoms with Crippen LogP contribution < -0.4 is 5.48 Å². The van der Waals surface area contributed by atoms with Gasteiger partial charge in [0.05, 0.1) is 5.70 Å². The van der Waals surface area contributed by atoms with Gasteiger partial charge in [-0.25, -0.2) is 9.87 Å². The van der Waals surface area contributed by atoms with E-state index in [1.165, 1.54) is 11.6 Å². The van der Waals surface area contributed by atoms with Gasteiger partial charge in [0.1, 0.15) is 5.83 Å². The first-order chi connectivity index (χ1) is 12.1. The number of nitrogens with one attached hydrogen (secondary N) is 1. The second kappa shape index (κ2) is 12.2. The maximum absolute atomic E-state index is 13.5. The van der Waals surface area contributed by atoms with Crippen LogP contribution in [0.1, 0.15) is 40.5 Å². The van der Waals surface area contributed by atoms with Crippen molar-refractivity contribution in [3.8, 4) is 0 Å². The zero-order valence-electron chi connectivity index (χ0n) is 16.3. The molecule has 0 aliphatic carbocycles. The number of amides is 2. The predicted octanol–water partition coefficient (Wildman–Crippen LogP) is 3.02. The van der Waals surface area contributed by atoms with E-state index < -0.39 is 11.7 Å². The van der Waals surface area contributed by atoms with E-state index in [-0.39, 0.29) is 24.8 Å². The Hall–Kier alpha value is -2.15. The van der Waals surface area contributed by atoms with Crippen molar-refractivity contribution >= 4 is 11.8 Å². The van der Waals surface area contributed by atoms with Gasteiger partial charge in [-0.2, -0.15) is 0 Å². The molecule has 0 radical (unpaired) electrons. The van der Waals surface area contributed by atoms with E-state index in [0.717, 1.165) is 5.92 Å². The van der Waals surface area contributed by atoms with E-state index in [1.54, 1.807) is 11.0 Å². The van der Waals surface area contributed by atoms with Crippen molar-refractivity contribution in [2.24, 2.45) is 5.92 Å². The quantitative estimate of drug-likeness (QED) is 0.429. The Morgan fingerprint density at radius 3 is 2.31 bits per heavy atom. The Morgan fingerprint density at radius 1 is 1.31 bits per heavy atom. The highest BCUT2D eigenvalue weighted by molar-refractivity contribution is 5.83. The molecule has 0 aromatic heterocycles. The van der Waals surface area contributed by atoms with Gasteiger partial charge < -0.3 is 9.80 Å². The second-order valence-electron chi connectivity index (χ2n) is 6.84. The largest absolute Gasteiger partial charge is 0.365 e. The molecule has 0 aromatic carbocycles. The van der Waals surface area contributed by atoms with E-state index in [4.69, 9.17) is 5.21 Å². The van der Waals surface area contributed by atoms with Crippen molar-refractivity contribution in [2.45, 2.75) is 46.6 Å². The zero-order valence-corrected chi connectivity index (χ0v) is 16.3. The summed E-state index contributed by atoms with van der Waals surface area (Å²) in [4.78, 5) is 26.5. The summed E-state index contributed by atoms with van der Waals surface area (Å²) in [6.45, 7) is 16.6. The Balaban J connectivity index is 0.00000141. The lowest BCUT2D eigenvalue weighted by molar-refractivity contribution is -0.138. The predicted molar refractivity (Wildman–Crippen MR) is 101 cm³/mol. The lowest BCUT2D eigenvalue weighted by Gasteiger charge is -2.41. The number of hydrogen-bond acceptors (Lipinski definition) is 4. The van der Waals surface area contributed by atoms with Crippen LogP contribution in [0.15, 0.2) is 36.8 Å². The van der Waals surface area contributed by atoms with Gasteiger partial charge >= 0.3 is 0 Å². The zero-order chi connectivity index (χ0) is 20.3. The van der Waals surface area contributed by atoms with E-state index in [2.05, 4.69) is 33.9 Å². The minimum Gasteiger partial charge on any atom is -0.365 e. The fraction of sp³-hybridized carbons (Fsp3) is 0.579. The fourth-order valence-corrected chi connectivity index (χ4v) is 2.45. The van der Waals surface area contributed by atoms with Gasteiger partial charge in [0.25, 0.3) is 0 Å². The van der Waals surface area contributed by atoms with E-state index in [9.17, 15) is 14.0 Å². The Kier molecular flexibility index (Phi) is 11.2.